The van der Waals surface area contributed by atoms with E-state index in [1.165, 1.54) is 0 Å². The molecule has 0 aliphatic rings. The van der Waals surface area contributed by atoms with Crippen molar-refractivity contribution in [3.05, 3.63) is 45.7 Å². The lowest BCUT2D eigenvalue weighted by molar-refractivity contribution is 0.649. The largest absolute Gasteiger partial charge is 0.325 e. The smallest absolute Gasteiger partial charge is 0.0962 e. The maximum absolute atomic E-state index is 6.04. The van der Waals surface area contributed by atoms with Crippen LogP contribution in [0.2, 0.25) is 10.0 Å². The van der Waals surface area contributed by atoms with E-state index in [1.54, 1.807) is 23.0 Å². The van der Waals surface area contributed by atoms with Crippen molar-refractivity contribution < 1.29 is 0 Å². The van der Waals surface area contributed by atoms with Gasteiger partial charge in [0.05, 0.1) is 18.4 Å². The maximum Gasteiger partial charge on any atom is 0.0962 e. The molecule has 2 rings (SSSR count). The van der Waals surface area contributed by atoms with E-state index >= 15 is 0 Å². The fourth-order valence-corrected chi connectivity index (χ4v) is 1.72. The lowest BCUT2D eigenvalue weighted by Gasteiger charge is -2.04. The number of hydrogen-bond donors (Lipinski definition) is 1. The van der Waals surface area contributed by atoms with Gasteiger partial charge in [0.2, 0.25) is 0 Å². The number of rotatable bonds is 3. The summed E-state index contributed by atoms with van der Waals surface area (Å²) in [6.45, 7) is 0.912. The lowest BCUT2D eigenvalue weighted by atomic mass is 10.2. The van der Waals surface area contributed by atoms with Gasteiger partial charge >= 0.3 is 0 Å². The highest BCUT2D eigenvalue weighted by Gasteiger charge is 2.04. The van der Waals surface area contributed by atoms with Gasteiger partial charge in [-0.15, -0.1) is 5.10 Å². The highest BCUT2D eigenvalue weighted by molar-refractivity contribution is 6.33. The molecule has 0 unspecified atom stereocenters. The van der Waals surface area contributed by atoms with E-state index in [4.69, 9.17) is 28.9 Å². The molecule has 0 saturated heterocycles. The second kappa shape index (κ2) is 4.82. The van der Waals surface area contributed by atoms with Crippen LogP contribution >= 0.6 is 23.2 Å². The van der Waals surface area contributed by atoms with E-state index in [0.717, 1.165) is 11.3 Å². The minimum Gasteiger partial charge on any atom is -0.325 e. The first-order valence-electron chi connectivity index (χ1n) is 4.72. The Morgan fingerprint density at radius 1 is 1.31 bits per heavy atom. The Hall–Kier alpha value is -1.10. The quantitative estimate of drug-likeness (QED) is 0.915. The van der Waals surface area contributed by atoms with Crippen LogP contribution in [0.4, 0.5) is 0 Å². The molecule has 6 heteroatoms. The van der Waals surface area contributed by atoms with Crippen molar-refractivity contribution in [2.45, 2.75) is 13.1 Å². The van der Waals surface area contributed by atoms with Gasteiger partial charge in [-0.2, -0.15) is 0 Å². The normalized spacial score (nSPS) is 10.7. The number of aromatic nitrogens is 3. The third-order valence-electron chi connectivity index (χ3n) is 2.14. The van der Waals surface area contributed by atoms with E-state index < -0.39 is 0 Å². The van der Waals surface area contributed by atoms with E-state index in [1.807, 2.05) is 6.07 Å². The van der Waals surface area contributed by atoms with Crippen LogP contribution in [0.3, 0.4) is 0 Å². The molecule has 0 saturated carbocycles. The van der Waals surface area contributed by atoms with E-state index in [0.29, 0.717) is 23.1 Å². The van der Waals surface area contributed by atoms with Gasteiger partial charge < -0.3 is 5.73 Å². The molecule has 4 nitrogen and oxygen atoms in total. The van der Waals surface area contributed by atoms with Crippen LogP contribution in [-0.2, 0) is 13.1 Å². The molecule has 0 aliphatic carbocycles. The molecule has 2 aromatic rings. The number of nitrogens with two attached hydrogens (primary N) is 1. The van der Waals surface area contributed by atoms with Gasteiger partial charge in [-0.1, -0.05) is 28.4 Å². The summed E-state index contributed by atoms with van der Waals surface area (Å²) in [5.41, 5.74) is 7.10. The highest BCUT2D eigenvalue weighted by Crippen LogP contribution is 2.21. The van der Waals surface area contributed by atoms with Crippen molar-refractivity contribution in [2.24, 2.45) is 5.73 Å². The molecule has 0 atom stereocenters. The Bertz CT molecular complexity index is 495. The van der Waals surface area contributed by atoms with E-state index in [2.05, 4.69) is 10.3 Å². The number of halogens is 2. The predicted octanol–water partition coefficient (Wildman–Crippen LogP) is 2.09. The SMILES string of the molecule is NCc1cn(Cc2cc(Cl)ccc2Cl)nn1. The van der Waals surface area contributed by atoms with Crippen LogP contribution in [0, 0.1) is 0 Å². The average molecular weight is 257 g/mol. The Kier molecular flexibility index (Phi) is 3.43. The van der Waals surface area contributed by atoms with Gasteiger partial charge in [-0.05, 0) is 23.8 Å². The summed E-state index contributed by atoms with van der Waals surface area (Å²) < 4.78 is 1.68. The highest BCUT2D eigenvalue weighted by atomic mass is 35.5. The molecular formula is C10H10Cl2N4. The molecular weight excluding hydrogens is 247 g/mol. The fraction of sp³-hybridized carbons (Fsp3) is 0.200. The molecule has 0 bridgehead atoms. The summed E-state index contributed by atoms with van der Waals surface area (Å²) in [5, 5.41) is 9.15. The molecule has 1 aromatic heterocycles. The molecule has 0 amide bonds. The van der Waals surface area contributed by atoms with Crippen molar-refractivity contribution in [1.82, 2.24) is 15.0 Å². The zero-order chi connectivity index (χ0) is 11.5. The minimum atomic E-state index is 0.378. The number of nitrogens with zero attached hydrogens (tertiary/aromatic N) is 3. The van der Waals surface area contributed by atoms with Crippen molar-refractivity contribution >= 4 is 23.2 Å². The van der Waals surface area contributed by atoms with Gasteiger partial charge in [0.1, 0.15) is 0 Å². The number of hydrogen-bond acceptors (Lipinski definition) is 3. The second-order valence-electron chi connectivity index (χ2n) is 3.35. The van der Waals surface area contributed by atoms with E-state index in [-0.39, 0.29) is 0 Å². The maximum atomic E-state index is 6.04. The van der Waals surface area contributed by atoms with Crippen LogP contribution in [0.1, 0.15) is 11.3 Å². The first kappa shape index (κ1) is 11.4. The van der Waals surface area contributed by atoms with Gasteiger partial charge in [0.15, 0.2) is 0 Å². The molecule has 0 aliphatic heterocycles. The molecule has 1 aromatic carbocycles. The zero-order valence-electron chi connectivity index (χ0n) is 8.40. The Balaban J connectivity index is 2.22. The van der Waals surface area contributed by atoms with E-state index in [9.17, 15) is 0 Å². The first-order chi connectivity index (χ1) is 7.69. The zero-order valence-corrected chi connectivity index (χ0v) is 9.91. The van der Waals surface area contributed by atoms with Crippen molar-refractivity contribution in [2.75, 3.05) is 0 Å². The third-order valence-corrected chi connectivity index (χ3v) is 2.74. The summed E-state index contributed by atoms with van der Waals surface area (Å²) in [6, 6.07) is 5.33. The van der Waals surface area contributed by atoms with Crippen molar-refractivity contribution in [3.8, 4) is 0 Å². The predicted molar refractivity (Wildman–Crippen MR) is 63.5 cm³/mol. The van der Waals surface area contributed by atoms with Crippen LogP contribution < -0.4 is 5.73 Å². The Morgan fingerprint density at radius 2 is 2.12 bits per heavy atom. The molecule has 0 fully saturated rings. The van der Waals surface area contributed by atoms with Crippen molar-refractivity contribution in [1.29, 1.82) is 0 Å². The molecule has 0 radical (unpaired) electrons. The molecule has 1 heterocycles. The summed E-state index contributed by atoms with van der Waals surface area (Å²) in [7, 11) is 0. The third kappa shape index (κ3) is 2.52. The summed E-state index contributed by atoms with van der Waals surface area (Å²) in [4.78, 5) is 0. The van der Waals surface area contributed by atoms with Crippen molar-refractivity contribution in [3.63, 3.8) is 0 Å². The molecule has 16 heavy (non-hydrogen) atoms. The fourth-order valence-electron chi connectivity index (χ4n) is 1.35. The van der Waals surface area contributed by atoms with Crippen LogP contribution in [0.15, 0.2) is 24.4 Å². The summed E-state index contributed by atoms with van der Waals surface area (Å²) in [5.74, 6) is 0. The van der Waals surface area contributed by atoms with Crippen LogP contribution in [0.25, 0.3) is 0 Å². The average Bonchev–Trinajstić information content (AvgIpc) is 2.71. The minimum absolute atomic E-state index is 0.378. The lowest BCUT2D eigenvalue weighted by Crippen LogP contribution is -2.01. The standard InChI is InChI=1S/C10H10Cl2N4/c11-8-1-2-10(12)7(3-8)5-16-6-9(4-13)14-15-16/h1-3,6H,4-5,13H2. The topological polar surface area (TPSA) is 56.7 Å². The van der Waals surface area contributed by atoms with Gasteiger partial charge in [-0.25, -0.2) is 4.68 Å². The Labute approximate surface area is 103 Å². The van der Waals surface area contributed by atoms with Gasteiger partial charge in [-0.3, -0.25) is 0 Å². The van der Waals surface area contributed by atoms with Crippen LogP contribution in [-0.4, -0.2) is 15.0 Å². The molecule has 0 spiro atoms. The summed E-state index contributed by atoms with van der Waals surface area (Å²) >= 11 is 11.9. The first-order valence-corrected chi connectivity index (χ1v) is 5.47. The molecule has 2 N–H and O–H groups in total. The van der Waals surface area contributed by atoms with Crippen LogP contribution in [0.5, 0.6) is 0 Å². The number of benzene rings is 1. The Morgan fingerprint density at radius 3 is 2.81 bits per heavy atom. The summed E-state index contributed by atoms with van der Waals surface area (Å²) in [6.07, 6.45) is 1.79. The second-order valence-corrected chi connectivity index (χ2v) is 4.19. The molecule has 84 valence electrons. The van der Waals surface area contributed by atoms with Gasteiger partial charge in [0.25, 0.3) is 0 Å². The monoisotopic (exact) mass is 256 g/mol. The van der Waals surface area contributed by atoms with Gasteiger partial charge in [0, 0.05) is 16.6 Å².